The van der Waals surface area contributed by atoms with Crippen LogP contribution in [0.5, 0.6) is 0 Å². The van der Waals surface area contributed by atoms with E-state index in [9.17, 15) is 4.79 Å². The van der Waals surface area contributed by atoms with E-state index in [1.54, 1.807) is 18.2 Å². The summed E-state index contributed by atoms with van der Waals surface area (Å²) in [4.78, 5) is 12.4. The molecule has 9 heteroatoms. The third kappa shape index (κ3) is 4.20. The number of anilines is 1. The molecule has 0 spiro atoms. The summed E-state index contributed by atoms with van der Waals surface area (Å²) < 4.78 is 1.84. The number of tetrazole rings is 1. The third-order valence-corrected chi connectivity index (χ3v) is 5.40. The second kappa shape index (κ2) is 7.72. The number of aromatic nitrogens is 4. The smallest absolute Gasteiger partial charge is 0.237 e. The highest BCUT2D eigenvalue weighted by molar-refractivity contribution is 8.00. The van der Waals surface area contributed by atoms with Gasteiger partial charge in [-0.3, -0.25) is 4.79 Å². The van der Waals surface area contributed by atoms with E-state index in [2.05, 4.69) is 20.8 Å². The molecule has 0 radical (unpaired) electrons. The van der Waals surface area contributed by atoms with Crippen molar-refractivity contribution < 1.29 is 4.79 Å². The largest absolute Gasteiger partial charge is 0.325 e. The molecule has 1 amide bonds. The van der Waals surface area contributed by atoms with Crippen molar-refractivity contribution in [2.45, 2.75) is 49.1 Å². The van der Waals surface area contributed by atoms with Crippen LogP contribution < -0.4 is 5.32 Å². The maximum Gasteiger partial charge on any atom is 0.237 e. The molecule has 1 saturated carbocycles. The van der Waals surface area contributed by atoms with Crippen molar-refractivity contribution in [3.05, 3.63) is 28.2 Å². The van der Waals surface area contributed by atoms with Gasteiger partial charge in [-0.15, -0.1) is 5.10 Å². The van der Waals surface area contributed by atoms with Gasteiger partial charge in [-0.1, -0.05) is 47.8 Å². The zero-order valence-corrected chi connectivity index (χ0v) is 15.4. The van der Waals surface area contributed by atoms with Gasteiger partial charge in [-0.05, 0) is 48.4 Å². The summed E-state index contributed by atoms with van der Waals surface area (Å²) in [6, 6.07) is 5.27. The van der Waals surface area contributed by atoms with Crippen LogP contribution in [0, 0.1) is 0 Å². The molecule has 1 heterocycles. The molecule has 1 fully saturated rings. The number of halogens is 2. The standard InChI is InChI=1S/C15H17Cl2N5OS/c1-9(14(23)18-12-7-10(16)6-11(17)8-12)24-15-19-20-21-22(15)13-4-2-3-5-13/h6-9,13H,2-5H2,1H3,(H,18,23)/t9-/m1/s1. The number of hydrogen-bond donors (Lipinski definition) is 1. The zero-order chi connectivity index (χ0) is 17.1. The van der Waals surface area contributed by atoms with Crippen LogP contribution in [-0.4, -0.2) is 31.4 Å². The third-order valence-electron chi connectivity index (χ3n) is 3.91. The normalized spacial score (nSPS) is 16.3. The Morgan fingerprint density at radius 2 is 1.96 bits per heavy atom. The minimum absolute atomic E-state index is 0.153. The topological polar surface area (TPSA) is 72.7 Å². The Bertz CT molecular complexity index is 712. The minimum atomic E-state index is -0.353. The van der Waals surface area contributed by atoms with Crippen molar-refractivity contribution in [3.8, 4) is 0 Å². The fourth-order valence-corrected chi connectivity index (χ4v) is 4.11. The average Bonchev–Trinajstić information content (AvgIpc) is 3.16. The Morgan fingerprint density at radius 1 is 1.29 bits per heavy atom. The summed E-state index contributed by atoms with van der Waals surface area (Å²) in [7, 11) is 0. The highest BCUT2D eigenvalue weighted by Crippen LogP contribution is 2.32. The lowest BCUT2D eigenvalue weighted by Crippen LogP contribution is -2.23. The molecule has 2 aromatic rings. The molecule has 128 valence electrons. The molecule has 1 aromatic carbocycles. The lowest BCUT2D eigenvalue weighted by atomic mass is 10.3. The van der Waals surface area contributed by atoms with E-state index in [4.69, 9.17) is 23.2 Å². The molecule has 0 saturated heterocycles. The molecule has 1 aliphatic carbocycles. The SMILES string of the molecule is C[C@@H](Sc1nnnn1C1CCCC1)C(=O)Nc1cc(Cl)cc(Cl)c1. The van der Waals surface area contributed by atoms with Crippen LogP contribution in [0.4, 0.5) is 5.69 Å². The van der Waals surface area contributed by atoms with Gasteiger partial charge in [-0.2, -0.15) is 0 Å². The fraction of sp³-hybridized carbons (Fsp3) is 0.467. The van der Waals surface area contributed by atoms with E-state index >= 15 is 0 Å². The van der Waals surface area contributed by atoms with E-state index < -0.39 is 0 Å². The predicted molar refractivity (Wildman–Crippen MR) is 95.7 cm³/mol. The molecule has 1 aliphatic rings. The zero-order valence-electron chi connectivity index (χ0n) is 13.1. The number of carbonyl (C=O) groups is 1. The molecule has 0 aliphatic heterocycles. The van der Waals surface area contributed by atoms with Crippen molar-refractivity contribution in [1.82, 2.24) is 20.2 Å². The molecular formula is C15H17Cl2N5OS. The number of hydrogen-bond acceptors (Lipinski definition) is 5. The van der Waals surface area contributed by atoms with Crippen LogP contribution in [0.2, 0.25) is 10.0 Å². The lowest BCUT2D eigenvalue weighted by Gasteiger charge is -2.14. The number of thioether (sulfide) groups is 1. The number of nitrogens with zero attached hydrogens (tertiary/aromatic N) is 4. The van der Waals surface area contributed by atoms with Gasteiger partial charge >= 0.3 is 0 Å². The average molecular weight is 386 g/mol. The lowest BCUT2D eigenvalue weighted by molar-refractivity contribution is -0.115. The summed E-state index contributed by atoms with van der Waals surface area (Å²) in [5.74, 6) is -0.153. The Morgan fingerprint density at radius 3 is 2.62 bits per heavy atom. The van der Waals surface area contributed by atoms with Crippen LogP contribution in [0.1, 0.15) is 38.6 Å². The van der Waals surface area contributed by atoms with E-state index in [0.717, 1.165) is 12.8 Å². The second-order valence-electron chi connectivity index (χ2n) is 5.75. The highest BCUT2D eigenvalue weighted by atomic mass is 35.5. The first-order chi connectivity index (χ1) is 11.5. The Hall–Kier alpha value is -1.31. The molecule has 0 bridgehead atoms. The number of benzene rings is 1. The van der Waals surface area contributed by atoms with Gasteiger partial charge in [0, 0.05) is 15.7 Å². The Labute approximate surface area is 154 Å². The number of carbonyl (C=O) groups excluding carboxylic acids is 1. The minimum Gasteiger partial charge on any atom is -0.325 e. The molecule has 6 nitrogen and oxygen atoms in total. The number of nitrogens with one attached hydrogen (secondary N) is 1. The van der Waals surface area contributed by atoms with Crippen LogP contribution in [0.15, 0.2) is 23.4 Å². The molecule has 1 N–H and O–H groups in total. The first-order valence-corrected chi connectivity index (χ1v) is 9.38. The highest BCUT2D eigenvalue weighted by Gasteiger charge is 2.24. The van der Waals surface area contributed by atoms with Gasteiger partial charge < -0.3 is 5.32 Å². The first-order valence-electron chi connectivity index (χ1n) is 7.74. The summed E-state index contributed by atoms with van der Waals surface area (Å²) in [5.41, 5.74) is 0.570. The first kappa shape index (κ1) is 17.5. The molecule has 0 unspecified atom stereocenters. The van der Waals surface area contributed by atoms with Crippen molar-refractivity contribution in [2.24, 2.45) is 0 Å². The van der Waals surface area contributed by atoms with Crippen molar-refractivity contribution in [1.29, 1.82) is 0 Å². The van der Waals surface area contributed by atoms with Gasteiger partial charge in [-0.25, -0.2) is 4.68 Å². The van der Waals surface area contributed by atoms with Crippen molar-refractivity contribution in [2.75, 3.05) is 5.32 Å². The van der Waals surface area contributed by atoms with E-state index in [1.165, 1.54) is 24.6 Å². The summed E-state index contributed by atoms with van der Waals surface area (Å²) in [6.07, 6.45) is 4.56. The van der Waals surface area contributed by atoms with E-state index in [1.807, 2.05) is 11.6 Å². The van der Waals surface area contributed by atoms with Crippen LogP contribution >= 0.6 is 35.0 Å². The monoisotopic (exact) mass is 385 g/mol. The molecule has 1 atom stereocenters. The van der Waals surface area contributed by atoms with Crippen molar-refractivity contribution in [3.63, 3.8) is 0 Å². The molecule has 24 heavy (non-hydrogen) atoms. The predicted octanol–water partition coefficient (Wildman–Crippen LogP) is 4.21. The maximum absolute atomic E-state index is 12.4. The molecule has 3 rings (SSSR count). The second-order valence-corrected chi connectivity index (χ2v) is 7.93. The quantitative estimate of drug-likeness (QED) is 0.780. The van der Waals surface area contributed by atoms with E-state index in [-0.39, 0.29) is 11.2 Å². The number of amides is 1. The maximum atomic E-state index is 12.4. The van der Waals surface area contributed by atoms with Gasteiger partial charge in [0.2, 0.25) is 11.1 Å². The summed E-state index contributed by atoms with van der Waals surface area (Å²) >= 11 is 13.3. The fourth-order valence-electron chi connectivity index (χ4n) is 2.72. The van der Waals surface area contributed by atoms with Gasteiger partial charge in [0.25, 0.3) is 0 Å². The van der Waals surface area contributed by atoms with Gasteiger partial charge in [0.15, 0.2) is 0 Å². The summed E-state index contributed by atoms with van der Waals surface area (Å²) in [6.45, 7) is 1.82. The van der Waals surface area contributed by atoms with Crippen LogP contribution in [-0.2, 0) is 4.79 Å². The van der Waals surface area contributed by atoms with Crippen LogP contribution in [0.3, 0.4) is 0 Å². The Kier molecular flexibility index (Phi) is 5.63. The molecular weight excluding hydrogens is 369 g/mol. The number of rotatable bonds is 5. The van der Waals surface area contributed by atoms with E-state index in [0.29, 0.717) is 26.9 Å². The van der Waals surface area contributed by atoms with Gasteiger partial charge in [0.05, 0.1) is 11.3 Å². The van der Waals surface area contributed by atoms with Gasteiger partial charge in [0.1, 0.15) is 0 Å². The molecule has 1 aromatic heterocycles. The van der Waals surface area contributed by atoms with Crippen LogP contribution in [0.25, 0.3) is 0 Å². The van der Waals surface area contributed by atoms with Crippen molar-refractivity contribution >= 4 is 46.6 Å². The Balaban J connectivity index is 1.65. The summed E-state index contributed by atoms with van der Waals surface area (Å²) in [5, 5.41) is 16.0.